The number of rotatable bonds is 2. The minimum Gasteiger partial charge on any atom is -0.457 e. The van der Waals surface area contributed by atoms with Crippen LogP contribution in [0.4, 0.5) is 18.9 Å². The molecule has 1 aliphatic heterocycles. The van der Waals surface area contributed by atoms with Gasteiger partial charge in [-0.05, 0) is 48.4 Å². The molecule has 2 aromatic carbocycles. The lowest BCUT2D eigenvalue weighted by Crippen LogP contribution is -2.47. The van der Waals surface area contributed by atoms with E-state index < -0.39 is 29.3 Å². The van der Waals surface area contributed by atoms with Crippen molar-refractivity contribution in [2.45, 2.75) is 18.6 Å². The van der Waals surface area contributed by atoms with Crippen molar-refractivity contribution >= 4 is 11.6 Å². The molecule has 9 heteroatoms. The van der Waals surface area contributed by atoms with Gasteiger partial charge in [0.1, 0.15) is 11.5 Å². The Bertz CT molecular complexity index is 922. The number of carbonyl (C=O) groups is 1. The molecule has 6 nitrogen and oxygen atoms in total. The summed E-state index contributed by atoms with van der Waals surface area (Å²) in [6, 6.07) is 7.88. The van der Waals surface area contributed by atoms with Gasteiger partial charge in [-0.25, -0.2) is 0 Å². The maximum absolute atomic E-state index is 13.0. The fourth-order valence-electron chi connectivity index (χ4n) is 2.65. The average Bonchev–Trinajstić information content (AvgIpc) is 2.59. The van der Waals surface area contributed by atoms with E-state index in [4.69, 9.17) is 15.7 Å². The van der Waals surface area contributed by atoms with E-state index >= 15 is 0 Å². The standard InChI is InChI=1S/C17H12F3N3O3/c18-17(19,20)13-7-12(2-1-9(13)8-21)26-11-3-4-15-10(5-11)6-14(22)16(24)23(15)25/h1-5,7,14,25H,6,22H2/t14-/m0/s1. The third kappa shape index (κ3) is 3.20. The molecule has 0 spiro atoms. The highest BCUT2D eigenvalue weighted by molar-refractivity contribution is 5.98. The summed E-state index contributed by atoms with van der Waals surface area (Å²) in [7, 11) is 0. The number of ether oxygens (including phenoxy) is 1. The molecule has 1 heterocycles. The zero-order valence-electron chi connectivity index (χ0n) is 13.1. The SMILES string of the molecule is N#Cc1ccc(Oc2ccc3c(c2)C[C@H](N)C(=O)N3O)cc1C(F)(F)F. The Morgan fingerprint density at radius 2 is 1.88 bits per heavy atom. The maximum atomic E-state index is 13.0. The van der Waals surface area contributed by atoms with Gasteiger partial charge in [-0.3, -0.25) is 10.0 Å². The zero-order chi connectivity index (χ0) is 19.1. The molecule has 0 saturated heterocycles. The summed E-state index contributed by atoms with van der Waals surface area (Å²) in [6.45, 7) is 0. The molecule has 2 aromatic rings. The highest BCUT2D eigenvalue weighted by Gasteiger charge is 2.34. The lowest BCUT2D eigenvalue weighted by atomic mass is 9.99. The molecule has 0 unspecified atom stereocenters. The molecule has 3 rings (SSSR count). The van der Waals surface area contributed by atoms with Crippen molar-refractivity contribution in [3.8, 4) is 17.6 Å². The summed E-state index contributed by atoms with van der Waals surface area (Å²) in [5, 5.41) is 19.0. The van der Waals surface area contributed by atoms with Crippen molar-refractivity contribution in [2.75, 3.05) is 5.06 Å². The van der Waals surface area contributed by atoms with Gasteiger partial charge < -0.3 is 10.5 Å². The van der Waals surface area contributed by atoms with Crippen molar-refractivity contribution < 1.29 is 27.9 Å². The predicted molar refractivity (Wildman–Crippen MR) is 83.6 cm³/mol. The summed E-state index contributed by atoms with van der Waals surface area (Å²) in [5.74, 6) is -0.544. The third-order valence-electron chi connectivity index (χ3n) is 3.90. The maximum Gasteiger partial charge on any atom is 0.417 e. The molecule has 1 aliphatic rings. The first-order valence-electron chi connectivity index (χ1n) is 7.41. The summed E-state index contributed by atoms with van der Waals surface area (Å²) < 4.78 is 44.5. The summed E-state index contributed by atoms with van der Waals surface area (Å²) in [6.07, 6.45) is -4.53. The number of alkyl halides is 3. The lowest BCUT2D eigenvalue weighted by Gasteiger charge is -2.27. The van der Waals surface area contributed by atoms with Crippen molar-refractivity contribution in [1.82, 2.24) is 0 Å². The summed E-state index contributed by atoms with van der Waals surface area (Å²) in [4.78, 5) is 11.6. The monoisotopic (exact) mass is 363 g/mol. The van der Waals surface area contributed by atoms with Crippen molar-refractivity contribution in [1.29, 1.82) is 5.26 Å². The molecule has 134 valence electrons. The van der Waals surface area contributed by atoms with Gasteiger partial charge in [0.15, 0.2) is 0 Å². The van der Waals surface area contributed by atoms with Crippen LogP contribution in [0.3, 0.4) is 0 Å². The Morgan fingerprint density at radius 1 is 1.23 bits per heavy atom. The number of nitrogens with two attached hydrogens (primary N) is 1. The lowest BCUT2D eigenvalue weighted by molar-refractivity contribution is -0.137. The molecule has 1 atom stereocenters. The molecule has 0 radical (unpaired) electrons. The van der Waals surface area contributed by atoms with Crippen LogP contribution in [0, 0.1) is 11.3 Å². The van der Waals surface area contributed by atoms with Gasteiger partial charge >= 0.3 is 6.18 Å². The van der Waals surface area contributed by atoms with Gasteiger partial charge in [0, 0.05) is 0 Å². The molecule has 0 saturated carbocycles. The van der Waals surface area contributed by atoms with Crippen LogP contribution < -0.4 is 15.5 Å². The van der Waals surface area contributed by atoms with E-state index in [9.17, 15) is 23.2 Å². The molecular formula is C17H12F3N3O3. The van der Waals surface area contributed by atoms with Crippen LogP contribution in [0.25, 0.3) is 0 Å². The first-order chi connectivity index (χ1) is 12.2. The van der Waals surface area contributed by atoms with Gasteiger partial charge in [0.05, 0.1) is 28.9 Å². The second kappa shape index (κ2) is 6.33. The van der Waals surface area contributed by atoms with Crippen LogP contribution in [0.2, 0.25) is 0 Å². The number of anilines is 1. The molecule has 1 amide bonds. The Morgan fingerprint density at radius 3 is 2.54 bits per heavy atom. The van der Waals surface area contributed by atoms with E-state index in [1.807, 2.05) is 0 Å². The summed E-state index contributed by atoms with van der Waals surface area (Å²) >= 11 is 0. The number of halogens is 3. The Balaban J connectivity index is 1.92. The van der Waals surface area contributed by atoms with E-state index in [0.717, 1.165) is 12.1 Å². The number of amides is 1. The highest BCUT2D eigenvalue weighted by atomic mass is 19.4. The second-order valence-electron chi connectivity index (χ2n) is 5.67. The van der Waals surface area contributed by atoms with Crippen LogP contribution in [-0.2, 0) is 17.4 Å². The quantitative estimate of drug-likeness (QED) is 0.799. The predicted octanol–water partition coefficient (Wildman–Crippen LogP) is 2.97. The number of benzene rings is 2. The minimum absolute atomic E-state index is 0.103. The van der Waals surface area contributed by atoms with Gasteiger partial charge in [-0.1, -0.05) is 0 Å². The first kappa shape index (κ1) is 17.7. The van der Waals surface area contributed by atoms with E-state index in [0.29, 0.717) is 10.6 Å². The highest BCUT2D eigenvalue weighted by Crippen LogP contribution is 2.36. The van der Waals surface area contributed by atoms with E-state index in [1.165, 1.54) is 30.3 Å². The Kier molecular flexibility index (Phi) is 4.31. The third-order valence-corrected chi connectivity index (χ3v) is 3.90. The number of hydrogen-bond acceptors (Lipinski definition) is 5. The van der Waals surface area contributed by atoms with E-state index in [2.05, 4.69) is 0 Å². The number of hydroxylamine groups is 1. The molecule has 0 aliphatic carbocycles. The molecule has 3 N–H and O–H groups in total. The van der Waals surface area contributed by atoms with E-state index in [1.54, 1.807) is 0 Å². The van der Waals surface area contributed by atoms with Crippen LogP contribution >= 0.6 is 0 Å². The van der Waals surface area contributed by atoms with Crippen LogP contribution in [0.5, 0.6) is 11.5 Å². The number of fused-ring (bicyclic) bond motifs is 1. The smallest absolute Gasteiger partial charge is 0.417 e. The summed E-state index contributed by atoms with van der Waals surface area (Å²) in [5.41, 5.74) is 4.79. The average molecular weight is 363 g/mol. The number of hydrogen-bond donors (Lipinski definition) is 2. The van der Waals surface area contributed by atoms with Crippen LogP contribution in [0.1, 0.15) is 16.7 Å². The normalized spacial score (nSPS) is 16.8. The molecule has 0 bridgehead atoms. The number of carbonyl (C=O) groups excluding carboxylic acids is 1. The molecule has 0 fully saturated rings. The van der Waals surface area contributed by atoms with Crippen molar-refractivity contribution in [2.24, 2.45) is 5.73 Å². The minimum atomic E-state index is -4.69. The molecular weight excluding hydrogens is 351 g/mol. The number of nitriles is 1. The van der Waals surface area contributed by atoms with Gasteiger partial charge in [0.2, 0.25) is 0 Å². The first-order valence-corrected chi connectivity index (χ1v) is 7.41. The molecule has 26 heavy (non-hydrogen) atoms. The second-order valence-corrected chi connectivity index (χ2v) is 5.67. The van der Waals surface area contributed by atoms with Crippen LogP contribution in [-0.4, -0.2) is 17.2 Å². The fourth-order valence-corrected chi connectivity index (χ4v) is 2.65. The van der Waals surface area contributed by atoms with Gasteiger partial charge in [0.25, 0.3) is 5.91 Å². The largest absolute Gasteiger partial charge is 0.457 e. The molecule has 0 aromatic heterocycles. The van der Waals surface area contributed by atoms with Crippen molar-refractivity contribution in [3.63, 3.8) is 0 Å². The number of nitrogens with zero attached hydrogens (tertiary/aromatic N) is 2. The van der Waals surface area contributed by atoms with E-state index in [-0.39, 0.29) is 23.6 Å². The van der Waals surface area contributed by atoms with Gasteiger partial charge in [-0.2, -0.15) is 23.5 Å². The topological polar surface area (TPSA) is 99.6 Å². The zero-order valence-corrected chi connectivity index (χ0v) is 13.1. The van der Waals surface area contributed by atoms with Crippen LogP contribution in [0.15, 0.2) is 36.4 Å². The fraction of sp³-hybridized carbons (Fsp3) is 0.176. The van der Waals surface area contributed by atoms with Gasteiger partial charge in [-0.15, -0.1) is 0 Å². The Labute approximate surface area is 145 Å². The Hall–Kier alpha value is -3.09. The van der Waals surface area contributed by atoms with Crippen molar-refractivity contribution in [3.05, 3.63) is 53.1 Å².